The number of nitrogens with zero attached hydrogens (tertiary/aromatic N) is 3. The zero-order valence-corrected chi connectivity index (χ0v) is 17.8. The second kappa shape index (κ2) is 11.5. The molecule has 0 spiro atoms. The van der Waals surface area contributed by atoms with Gasteiger partial charge in [0, 0.05) is 31.0 Å². The van der Waals surface area contributed by atoms with Crippen molar-refractivity contribution in [3.05, 3.63) is 60.7 Å². The molecule has 1 aliphatic heterocycles. The molecule has 166 valence electrons. The molecule has 0 bridgehead atoms. The first-order chi connectivity index (χ1) is 15.6. The first-order valence-corrected chi connectivity index (χ1v) is 10.6. The summed E-state index contributed by atoms with van der Waals surface area (Å²) in [7, 11) is 0. The molecule has 1 fully saturated rings. The van der Waals surface area contributed by atoms with Crippen LogP contribution in [0.15, 0.2) is 60.7 Å². The summed E-state index contributed by atoms with van der Waals surface area (Å²) in [6.07, 6.45) is 1.14. The Morgan fingerprint density at radius 3 is 2.28 bits per heavy atom. The van der Waals surface area contributed by atoms with Crippen LogP contribution in [0.4, 0.5) is 16.2 Å². The number of hydrogen-bond donors (Lipinski definition) is 1. The minimum absolute atomic E-state index is 0.179. The van der Waals surface area contributed by atoms with E-state index in [-0.39, 0.29) is 37.4 Å². The third kappa shape index (κ3) is 6.32. The molecule has 0 saturated carbocycles. The predicted octanol–water partition coefficient (Wildman–Crippen LogP) is 3.42. The fraction of sp³-hybridized carbons (Fsp3) is 0.333. The normalized spacial score (nSPS) is 13.7. The van der Waals surface area contributed by atoms with E-state index in [1.54, 1.807) is 29.2 Å². The predicted molar refractivity (Wildman–Crippen MR) is 120 cm³/mol. The molecule has 0 atom stereocenters. The smallest absolute Gasteiger partial charge is 0.321 e. The minimum atomic E-state index is -0.435. The van der Waals surface area contributed by atoms with E-state index in [0.717, 1.165) is 5.69 Å². The Balaban J connectivity index is 1.46. The SMILES string of the molecule is N#CCCN(C(=O)COC(=O)C1CCN(C(=O)Nc2ccccc2)CC1)c1ccccc1. The van der Waals surface area contributed by atoms with E-state index >= 15 is 0 Å². The number of urea groups is 1. The largest absolute Gasteiger partial charge is 0.455 e. The molecule has 1 N–H and O–H groups in total. The summed E-state index contributed by atoms with van der Waals surface area (Å²) < 4.78 is 5.28. The summed E-state index contributed by atoms with van der Waals surface area (Å²) in [5, 5.41) is 11.7. The topological polar surface area (TPSA) is 103 Å². The van der Waals surface area contributed by atoms with Crippen LogP contribution >= 0.6 is 0 Å². The lowest BCUT2D eigenvalue weighted by molar-refractivity contribution is -0.153. The molecule has 1 saturated heterocycles. The van der Waals surface area contributed by atoms with E-state index in [0.29, 0.717) is 31.6 Å². The Labute approximate surface area is 187 Å². The van der Waals surface area contributed by atoms with Crippen molar-refractivity contribution in [3.63, 3.8) is 0 Å². The van der Waals surface area contributed by atoms with E-state index in [1.807, 2.05) is 42.5 Å². The highest BCUT2D eigenvalue weighted by molar-refractivity contribution is 5.95. The van der Waals surface area contributed by atoms with Gasteiger partial charge < -0.3 is 19.9 Å². The zero-order chi connectivity index (χ0) is 22.8. The Bertz CT molecular complexity index is 951. The van der Waals surface area contributed by atoms with Gasteiger partial charge in [-0.1, -0.05) is 36.4 Å². The number of ether oxygens (including phenoxy) is 1. The number of benzene rings is 2. The molecule has 8 heteroatoms. The fourth-order valence-corrected chi connectivity index (χ4v) is 3.54. The molecule has 32 heavy (non-hydrogen) atoms. The number of rotatable bonds is 7. The van der Waals surface area contributed by atoms with E-state index in [1.165, 1.54) is 4.90 Å². The van der Waals surface area contributed by atoms with Crippen molar-refractivity contribution >= 4 is 29.3 Å². The summed E-state index contributed by atoms with van der Waals surface area (Å²) >= 11 is 0. The Morgan fingerprint density at radius 1 is 1.03 bits per heavy atom. The number of amides is 3. The number of carbonyl (C=O) groups is 3. The van der Waals surface area contributed by atoms with Crippen molar-refractivity contribution in [2.24, 2.45) is 5.92 Å². The molecule has 1 aliphatic rings. The van der Waals surface area contributed by atoms with Crippen LogP contribution in [0.1, 0.15) is 19.3 Å². The second-order valence-electron chi connectivity index (χ2n) is 7.45. The molecule has 2 aromatic carbocycles. The van der Waals surface area contributed by atoms with Crippen molar-refractivity contribution in [3.8, 4) is 6.07 Å². The van der Waals surface area contributed by atoms with Gasteiger partial charge in [0.15, 0.2) is 6.61 Å². The number of likely N-dealkylation sites (tertiary alicyclic amines) is 1. The van der Waals surface area contributed by atoms with E-state index in [9.17, 15) is 14.4 Å². The van der Waals surface area contributed by atoms with Crippen molar-refractivity contribution < 1.29 is 19.1 Å². The number of hydrogen-bond acceptors (Lipinski definition) is 5. The number of nitriles is 1. The molecule has 0 aromatic heterocycles. The molecule has 3 amide bonds. The number of esters is 1. The third-order valence-corrected chi connectivity index (χ3v) is 5.29. The number of nitrogens with one attached hydrogen (secondary N) is 1. The van der Waals surface area contributed by atoms with Gasteiger partial charge in [-0.3, -0.25) is 9.59 Å². The molecule has 0 unspecified atom stereocenters. The number of piperidine rings is 1. The lowest BCUT2D eigenvalue weighted by Crippen LogP contribution is -2.43. The maximum atomic E-state index is 12.6. The monoisotopic (exact) mass is 434 g/mol. The lowest BCUT2D eigenvalue weighted by Gasteiger charge is -2.31. The molecule has 3 rings (SSSR count). The molecule has 8 nitrogen and oxygen atoms in total. The van der Waals surface area contributed by atoms with Crippen molar-refractivity contribution in [1.82, 2.24) is 4.90 Å². The number of carbonyl (C=O) groups excluding carboxylic acids is 3. The van der Waals surface area contributed by atoms with Crippen LogP contribution in [-0.4, -0.2) is 49.0 Å². The maximum absolute atomic E-state index is 12.6. The van der Waals surface area contributed by atoms with Crippen LogP contribution in [0.25, 0.3) is 0 Å². The van der Waals surface area contributed by atoms with Crippen molar-refractivity contribution in [1.29, 1.82) is 5.26 Å². The summed E-state index contributed by atoms with van der Waals surface area (Å²) in [5.41, 5.74) is 1.37. The number of anilines is 2. The average Bonchev–Trinajstić information content (AvgIpc) is 2.84. The van der Waals surface area contributed by atoms with Gasteiger partial charge in [-0.25, -0.2) is 4.79 Å². The highest BCUT2D eigenvalue weighted by Crippen LogP contribution is 2.20. The van der Waals surface area contributed by atoms with Gasteiger partial charge in [0.25, 0.3) is 5.91 Å². The molecule has 2 aromatic rings. The Morgan fingerprint density at radius 2 is 1.66 bits per heavy atom. The van der Waals surface area contributed by atoms with Gasteiger partial charge >= 0.3 is 12.0 Å². The fourth-order valence-electron chi connectivity index (χ4n) is 3.54. The van der Waals surface area contributed by atoms with Crippen molar-refractivity contribution in [2.45, 2.75) is 19.3 Å². The summed E-state index contributed by atoms with van der Waals surface area (Å²) in [6.45, 7) is 0.717. The van der Waals surface area contributed by atoms with E-state index in [4.69, 9.17) is 10.00 Å². The second-order valence-corrected chi connectivity index (χ2v) is 7.45. The summed E-state index contributed by atoms with van der Waals surface area (Å²) in [4.78, 5) is 40.6. The Hall–Kier alpha value is -3.86. The third-order valence-electron chi connectivity index (χ3n) is 5.29. The minimum Gasteiger partial charge on any atom is -0.455 e. The standard InChI is InChI=1S/C24H26N4O4/c25-14-7-15-28(21-10-5-2-6-11-21)22(29)18-32-23(30)19-12-16-27(17-13-19)24(31)26-20-8-3-1-4-9-20/h1-6,8-11,19H,7,12-13,15-18H2,(H,26,31). The summed E-state index contributed by atoms with van der Waals surface area (Å²) in [5.74, 6) is -1.16. The van der Waals surface area contributed by atoms with Gasteiger partial charge in [-0.15, -0.1) is 0 Å². The first kappa shape index (κ1) is 22.8. The van der Waals surface area contributed by atoms with Crippen LogP contribution in [0.3, 0.4) is 0 Å². The van der Waals surface area contributed by atoms with Gasteiger partial charge in [-0.2, -0.15) is 5.26 Å². The van der Waals surface area contributed by atoms with Gasteiger partial charge in [0.05, 0.1) is 18.4 Å². The molecule has 0 aliphatic carbocycles. The van der Waals surface area contributed by atoms with Gasteiger partial charge in [0.1, 0.15) is 0 Å². The summed E-state index contributed by atoms with van der Waals surface area (Å²) in [6, 6.07) is 20.0. The average molecular weight is 434 g/mol. The van der Waals surface area contributed by atoms with E-state index in [2.05, 4.69) is 5.32 Å². The van der Waals surface area contributed by atoms with Crippen molar-refractivity contribution in [2.75, 3.05) is 36.5 Å². The highest BCUT2D eigenvalue weighted by atomic mass is 16.5. The highest BCUT2D eigenvalue weighted by Gasteiger charge is 2.29. The van der Waals surface area contributed by atoms with E-state index < -0.39 is 5.97 Å². The van der Waals surface area contributed by atoms with Crippen LogP contribution in [-0.2, 0) is 14.3 Å². The Kier molecular flexibility index (Phi) is 8.21. The maximum Gasteiger partial charge on any atom is 0.321 e. The van der Waals surface area contributed by atoms with Crippen LogP contribution < -0.4 is 10.2 Å². The molecule has 0 radical (unpaired) electrons. The van der Waals surface area contributed by atoms with Gasteiger partial charge in [-0.05, 0) is 37.1 Å². The van der Waals surface area contributed by atoms with Crippen LogP contribution in [0.2, 0.25) is 0 Å². The van der Waals surface area contributed by atoms with Crippen LogP contribution in [0.5, 0.6) is 0 Å². The molecular formula is C24H26N4O4. The van der Waals surface area contributed by atoms with Gasteiger partial charge in [0.2, 0.25) is 0 Å². The quantitative estimate of drug-likeness (QED) is 0.673. The molecular weight excluding hydrogens is 408 g/mol. The lowest BCUT2D eigenvalue weighted by atomic mass is 9.97. The zero-order valence-electron chi connectivity index (χ0n) is 17.8. The van der Waals surface area contributed by atoms with Crippen LogP contribution in [0, 0.1) is 17.2 Å². The number of para-hydroxylation sites is 2. The molecule has 1 heterocycles. The first-order valence-electron chi connectivity index (χ1n) is 10.6.